The normalized spacial score (nSPS) is 11.9. The van der Waals surface area contributed by atoms with Crippen molar-refractivity contribution in [2.45, 2.75) is 20.3 Å². The van der Waals surface area contributed by atoms with Crippen molar-refractivity contribution in [2.24, 2.45) is 5.92 Å². The Bertz CT molecular complexity index is 442. The van der Waals surface area contributed by atoms with Crippen LogP contribution in [0.15, 0.2) is 18.2 Å². The molecule has 1 aromatic rings. The molecule has 0 aromatic heterocycles. The number of aromatic carboxylic acids is 1. The molecule has 0 bridgehead atoms. The minimum absolute atomic E-state index is 0.0240. The van der Waals surface area contributed by atoms with Crippen LogP contribution in [0.5, 0.6) is 5.75 Å². The summed E-state index contributed by atoms with van der Waals surface area (Å²) in [5.41, 5.74) is 0.198. The third kappa shape index (κ3) is 3.21. The van der Waals surface area contributed by atoms with Gasteiger partial charge in [-0.2, -0.15) is 0 Å². The van der Waals surface area contributed by atoms with Gasteiger partial charge in [0.05, 0.1) is 11.3 Å². The number of hydrogen-bond donors (Lipinski definition) is 3. The van der Waals surface area contributed by atoms with Crippen LogP contribution in [0.1, 0.15) is 30.6 Å². The summed E-state index contributed by atoms with van der Waals surface area (Å²) in [4.78, 5) is 22.2. The van der Waals surface area contributed by atoms with Gasteiger partial charge in [-0.25, -0.2) is 4.79 Å². The number of aromatic hydroxyl groups is 1. The van der Waals surface area contributed by atoms with Gasteiger partial charge in [-0.1, -0.05) is 13.8 Å². The molecule has 0 saturated carbocycles. The molecule has 0 aliphatic heterocycles. The molecule has 0 saturated heterocycles. The maximum absolute atomic E-state index is 11.6. The lowest BCUT2D eigenvalue weighted by molar-refractivity contribution is -0.119. The smallest absolute Gasteiger partial charge is 0.335 e. The molecule has 0 aliphatic rings. The average Bonchev–Trinajstić information content (AvgIpc) is 2.30. The molecule has 0 fully saturated rings. The van der Waals surface area contributed by atoms with E-state index in [1.165, 1.54) is 12.1 Å². The van der Waals surface area contributed by atoms with E-state index < -0.39 is 5.97 Å². The Hall–Kier alpha value is -2.04. The largest absolute Gasteiger partial charge is 0.506 e. The highest BCUT2D eigenvalue weighted by atomic mass is 16.4. The van der Waals surface area contributed by atoms with E-state index in [1.807, 2.05) is 6.92 Å². The van der Waals surface area contributed by atoms with Crippen molar-refractivity contribution in [2.75, 3.05) is 5.32 Å². The molecule has 0 spiro atoms. The third-order valence-electron chi connectivity index (χ3n) is 2.56. The van der Waals surface area contributed by atoms with Gasteiger partial charge in [0.1, 0.15) is 5.75 Å². The molecule has 3 N–H and O–H groups in total. The number of hydrogen-bond acceptors (Lipinski definition) is 3. The fourth-order valence-corrected chi connectivity index (χ4v) is 1.21. The second-order valence-electron chi connectivity index (χ2n) is 3.84. The molecule has 1 unspecified atom stereocenters. The zero-order chi connectivity index (χ0) is 13.0. The van der Waals surface area contributed by atoms with Crippen LogP contribution in [0.3, 0.4) is 0 Å². The molecule has 1 atom stereocenters. The van der Waals surface area contributed by atoms with E-state index in [0.717, 1.165) is 6.07 Å². The lowest BCUT2D eigenvalue weighted by atomic mass is 10.1. The molecule has 0 heterocycles. The zero-order valence-corrected chi connectivity index (χ0v) is 9.73. The molecule has 1 aromatic carbocycles. The first-order chi connectivity index (χ1) is 7.95. The molecule has 5 nitrogen and oxygen atoms in total. The second-order valence-corrected chi connectivity index (χ2v) is 3.84. The van der Waals surface area contributed by atoms with Crippen LogP contribution in [-0.4, -0.2) is 22.1 Å². The van der Waals surface area contributed by atoms with Gasteiger partial charge in [-0.05, 0) is 24.6 Å². The number of anilines is 1. The standard InChI is InChI=1S/C12H15NO4/c1-3-7(2)11(15)13-9-5-4-8(12(16)17)6-10(9)14/h4-7,14H,3H2,1-2H3,(H,13,15)(H,16,17). The van der Waals surface area contributed by atoms with Gasteiger partial charge in [0.25, 0.3) is 0 Å². The van der Waals surface area contributed by atoms with E-state index in [0.29, 0.717) is 6.42 Å². The van der Waals surface area contributed by atoms with Crippen LogP contribution >= 0.6 is 0 Å². The van der Waals surface area contributed by atoms with Gasteiger partial charge < -0.3 is 15.5 Å². The van der Waals surface area contributed by atoms with Crippen LogP contribution < -0.4 is 5.32 Å². The quantitative estimate of drug-likeness (QED) is 0.700. The first-order valence-electron chi connectivity index (χ1n) is 5.32. The van der Waals surface area contributed by atoms with E-state index in [-0.39, 0.29) is 28.8 Å². The number of carbonyl (C=O) groups excluding carboxylic acids is 1. The Labute approximate surface area is 99.1 Å². The monoisotopic (exact) mass is 237 g/mol. The van der Waals surface area contributed by atoms with Crippen LogP contribution in [0, 0.1) is 5.92 Å². The lowest BCUT2D eigenvalue weighted by Crippen LogP contribution is -2.19. The number of rotatable bonds is 4. The number of amides is 1. The molecule has 0 radical (unpaired) electrons. The van der Waals surface area contributed by atoms with Crippen molar-refractivity contribution in [1.82, 2.24) is 0 Å². The third-order valence-corrected chi connectivity index (χ3v) is 2.56. The number of carboxylic acids is 1. The first-order valence-corrected chi connectivity index (χ1v) is 5.32. The summed E-state index contributed by atoms with van der Waals surface area (Å²) in [7, 11) is 0. The Balaban J connectivity index is 2.86. The number of phenols is 1. The topological polar surface area (TPSA) is 86.6 Å². The molecule has 92 valence electrons. The van der Waals surface area contributed by atoms with E-state index >= 15 is 0 Å². The van der Waals surface area contributed by atoms with Crippen molar-refractivity contribution in [3.8, 4) is 5.75 Å². The zero-order valence-electron chi connectivity index (χ0n) is 9.73. The van der Waals surface area contributed by atoms with Crippen molar-refractivity contribution in [1.29, 1.82) is 0 Å². The van der Waals surface area contributed by atoms with Gasteiger partial charge in [-0.15, -0.1) is 0 Å². The molecule has 17 heavy (non-hydrogen) atoms. The highest BCUT2D eigenvalue weighted by molar-refractivity contribution is 5.95. The van der Waals surface area contributed by atoms with Crippen LogP contribution in [0.4, 0.5) is 5.69 Å². The minimum atomic E-state index is -1.12. The van der Waals surface area contributed by atoms with Crippen LogP contribution in [0.2, 0.25) is 0 Å². The fourth-order valence-electron chi connectivity index (χ4n) is 1.21. The number of benzene rings is 1. The van der Waals surface area contributed by atoms with Crippen molar-refractivity contribution in [3.63, 3.8) is 0 Å². The fraction of sp³-hybridized carbons (Fsp3) is 0.333. The Morgan fingerprint density at radius 1 is 1.41 bits per heavy atom. The molecule has 0 aliphatic carbocycles. The predicted octanol–water partition coefficient (Wildman–Crippen LogP) is 2.07. The molecular weight excluding hydrogens is 222 g/mol. The second kappa shape index (κ2) is 5.34. The van der Waals surface area contributed by atoms with Crippen molar-refractivity contribution < 1.29 is 19.8 Å². The first kappa shape index (κ1) is 13.0. The Morgan fingerprint density at radius 2 is 2.06 bits per heavy atom. The SMILES string of the molecule is CCC(C)C(=O)Nc1ccc(C(=O)O)cc1O. The summed E-state index contributed by atoms with van der Waals surface area (Å²) < 4.78 is 0. The number of carboxylic acid groups (broad SMARTS) is 1. The molecule has 1 rings (SSSR count). The van der Waals surface area contributed by atoms with E-state index in [9.17, 15) is 14.7 Å². The van der Waals surface area contributed by atoms with Gasteiger partial charge in [0.15, 0.2) is 0 Å². The summed E-state index contributed by atoms with van der Waals surface area (Å²) in [6.07, 6.45) is 0.694. The number of carbonyl (C=O) groups is 2. The van der Waals surface area contributed by atoms with Gasteiger partial charge >= 0.3 is 5.97 Å². The highest BCUT2D eigenvalue weighted by Crippen LogP contribution is 2.25. The van der Waals surface area contributed by atoms with Gasteiger partial charge in [-0.3, -0.25) is 4.79 Å². The van der Waals surface area contributed by atoms with E-state index in [1.54, 1.807) is 6.92 Å². The van der Waals surface area contributed by atoms with Crippen LogP contribution in [-0.2, 0) is 4.79 Å². The summed E-state index contributed by atoms with van der Waals surface area (Å²) in [5.74, 6) is -1.74. The summed E-state index contributed by atoms with van der Waals surface area (Å²) in [6, 6.07) is 3.81. The molecule has 1 amide bonds. The Kier molecular flexibility index (Phi) is 4.09. The van der Waals surface area contributed by atoms with Gasteiger partial charge in [0.2, 0.25) is 5.91 Å². The molecule has 5 heteroatoms. The van der Waals surface area contributed by atoms with Crippen molar-refractivity contribution in [3.05, 3.63) is 23.8 Å². The summed E-state index contributed by atoms with van der Waals surface area (Å²) in [6.45, 7) is 3.66. The maximum atomic E-state index is 11.6. The van der Waals surface area contributed by atoms with E-state index in [2.05, 4.69) is 5.32 Å². The highest BCUT2D eigenvalue weighted by Gasteiger charge is 2.13. The minimum Gasteiger partial charge on any atom is -0.506 e. The maximum Gasteiger partial charge on any atom is 0.335 e. The predicted molar refractivity (Wildman–Crippen MR) is 63.2 cm³/mol. The molecular formula is C12H15NO4. The Morgan fingerprint density at radius 3 is 2.53 bits per heavy atom. The number of nitrogens with one attached hydrogen (secondary N) is 1. The summed E-state index contributed by atoms with van der Waals surface area (Å²) >= 11 is 0. The van der Waals surface area contributed by atoms with Crippen molar-refractivity contribution >= 4 is 17.6 Å². The van der Waals surface area contributed by atoms with E-state index in [4.69, 9.17) is 5.11 Å². The summed E-state index contributed by atoms with van der Waals surface area (Å²) in [5, 5.41) is 20.8. The lowest BCUT2D eigenvalue weighted by Gasteiger charge is -2.11. The van der Waals surface area contributed by atoms with Gasteiger partial charge in [0, 0.05) is 5.92 Å². The van der Waals surface area contributed by atoms with Crippen LogP contribution in [0.25, 0.3) is 0 Å². The number of phenolic OH excluding ortho intramolecular Hbond substituents is 1. The average molecular weight is 237 g/mol.